The van der Waals surface area contributed by atoms with E-state index in [-0.39, 0.29) is 11.2 Å². The number of fused-ring (bicyclic) bond motifs is 1. The van der Waals surface area contributed by atoms with E-state index in [1.807, 2.05) is 0 Å². The molecule has 2 heterocycles. The lowest BCUT2D eigenvalue weighted by Crippen LogP contribution is -2.53. The molecule has 0 saturated heterocycles. The molecule has 22 heavy (non-hydrogen) atoms. The van der Waals surface area contributed by atoms with E-state index < -0.39 is 21.7 Å². The summed E-state index contributed by atoms with van der Waals surface area (Å²) in [7, 11) is -3.55. The van der Waals surface area contributed by atoms with E-state index >= 15 is 0 Å². The minimum absolute atomic E-state index is 0.281. The molecular weight excluding hydrogens is 306 g/mol. The molecule has 1 aliphatic heterocycles. The maximum Gasteiger partial charge on any atom is 0.248 e. The second kappa shape index (κ2) is 5.00. The maximum absolute atomic E-state index is 11.7. The van der Waals surface area contributed by atoms with Crippen molar-refractivity contribution in [2.45, 2.75) is 49.2 Å². The van der Waals surface area contributed by atoms with Crippen molar-refractivity contribution in [1.29, 1.82) is 0 Å². The smallest absolute Gasteiger partial charge is 0.248 e. The number of aromatic nitrogens is 2. The monoisotopic (exact) mass is 325 g/mol. The highest BCUT2D eigenvalue weighted by Gasteiger charge is 2.44. The first-order valence-electron chi connectivity index (χ1n) is 7.14. The van der Waals surface area contributed by atoms with Crippen molar-refractivity contribution in [2.75, 3.05) is 11.2 Å². The summed E-state index contributed by atoms with van der Waals surface area (Å²) >= 11 is 0. The van der Waals surface area contributed by atoms with Crippen LogP contribution in [0.1, 0.15) is 31.7 Å². The first-order chi connectivity index (χ1) is 10.2. The number of hydrogen-bond donors (Lipinski definition) is 2. The van der Waals surface area contributed by atoms with Gasteiger partial charge in [0.2, 0.25) is 15.0 Å². The van der Waals surface area contributed by atoms with Crippen LogP contribution in [0.15, 0.2) is 17.4 Å². The molecule has 0 amide bonds. The van der Waals surface area contributed by atoms with E-state index in [1.54, 1.807) is 24.0 Å². The van der Waals surface area contributed by atoms with Crippen LogP contribution in [0.3, 0.4) is 0 Å². The molecule has 1 aromatic rings. The third-order valence-corrected chi connectivity index (χ3v) is 5.16. The normalized spacial score (nSPS) is 31.4. The largest absolute Gasteiger partial charge is 0.388 e. The highest BCUT2D eigenvalue weighted by atomic mass is 32.2. The van der Waals surface area contributed by atoms with Crippen molar-refractivity contribution in [1.82, 2.24) is 9.97 Å². The van der Waals surface area contributed by atoms with E-state index in [4.69, 9.17) is 0 Å². The molecule has 7 nitrogen and oxygen atoms in total. The topological polar surface area (TPSA) is 104 Å². The Bertz CT molecular complexity index is 730. The predicted molar refractivity (Wildman–Crippen MR) is 80.9 cm³/mol. The van der Waals surface area contributed by atoms with Crippen LogP contribution >= 0.6 is 0 Å². The van der Waals surface area contributed by atoms with Crippen molar-refractivity contribution in [3.63, 3.8) is 0 Å². The fraction of sp³-hybridized carbons (Fsp3) is 0.571. The standard InChI is InChI=1S/C14H19N3O4S/c1-14(19)7-3-4-10(14)17-11(18)6-5-9-8-15-13(16-12(9)17)22(2,20)21/h5-6,8,10-11,18-19H,3-4,7H2,1-2H3. The van der Waals surface area contributed by atoms with Gasteiger partial charge < -0.3 is 15.1 Å². The molecule has 0 spiro atoms. The average molecular weight is 325 g/mol. The molecule has 1 fully saturated rings. The molecule has 3 rings (SSSR count). The van der Waals surface area contributed by atoms with Gasteiger partial charge in [0.25, 0.3) is 0 Å². The molecule has 2 aliphatic rings. The van der Waals surface area contributed by atoms with Gasteiger partial charge >= 0.3 is 0 Å². The van der Waals surface area contributed by atoms with Gasteiger partial charge in [0, 0.05) is 18.0 Å². The van der Waals surface area contributed by atoms with Gasteiger partial charge in [-0.05, 0) is 38.3 Å². The van der Waals surface area contributed by atoms with Crippen molar-refractivity contribution in [2.24, 2.45) is 0 Å². The zero-order valence-electron chi connectivity index (χ0n) is 12.5. The number of aliphatic hydroxyl groups is 2. The van der Waals surface area contributed by atoms with E-state index in [2.05, 4.69) is 9.97 Å². The van der Waals surface area contributed by atoms with Gasteiger partial charge in [0.05, 0.1) is 11.6 Å². The third-order valence-electron chi connectivity index (χ3n) is 4.30. The van der Waals surface area contributed by atoms with Crippen LogP contribution in [0.2, 0.25) is 0 Å². The molecular formula is C14H19N3O4S. The molecule has 2 N–H and O–H groups in total. The second-order valence-corrected chi connectivity index (χ2v) is 8.06. The zero-order chi connectivity index (χ0) is 16.1. The van der Waals surface area contributed by atoms with E-state index in [0.29, 0.717) is 24.2 Å². The Morgan fingerprint density at radius 3 is 2.77 bits per heavy atom. The molecule has 3 unspecified atom stereocenters. The molecule has 1 saturated carbocycles. The Morgan fingerprint density at radius 2 is 2.18 bits per heavy atom. The summed E-state index contributed by atoms with van der Waals surface area (Å²) in [6.45, 7) is 1.73. The number of sulfone groups is 1. The number of nitrogens with zero attached hydrogens (tertiary/aromatic N) is 3. The lowest BCUT2D eigenvalue weighted by Gasteiger charge is -2.41. The van der Waals surface area contributed by atoms with Gasteiger partial charge in [-0.1, -0.05) is 0 Å². The summed E-state index contributed by atoms with van der Waals surface area (Å²) in [4.78, 5) is 9.59. The number of hydrogen-bond acceptors (Lipinski definition) is 7. The summed E-state index contributed by atoms with van der Waals surface area (Å²) in [5.74, 6) is 0.345. The Labute approximate surface area is 129 Å². The molecule has 8 heteroatoms. The Hall–Kier alpha value is -1.51. The van der Waals surface area contributed by atoms with E-state index in [9.17, 15) is 18.6 Å². The summed E-state index contributed by atoms with van der Waals surface area (Å²) in [5.41, 5.74) is -0.333. The van der Waals surface area contributed by atoms with E-state index in [0.717, 1.165) is 12.7 Å². The number of anilines is 1. The minimum atomic E-state index is -3.55. The van der Waals surface area contributed by atoms with Crippen LogP contribution in [-0.2, 0) is 9.84 Å². The van der Waals surface area contributed by atoms with Crippen LogP contribution in [0.5, 0.6) is 0 Å². The summed E-state index contributed by atoms with van der Waals surface area (Å²) in [6, 6.07) is -0.325. The lowest BCUT2D eigenvalue weighted by atomic mass is 9.97. The first kappa shape index (κ1) is 15.4. The highest BCUT2D eigenvalue weighted by molar-refractivity contribution is 7.90. The zero-order valence-corrected chi connectivity index (χ0v) is 13.3. The van der Waals surface area contributed by atoms with Gasteiger partial charge in [-0.2, -0.15) is 0 Å². The van der Waals surface area contributed by atoms with Gasteiger partial charge in [0.15, 0.2) is 0 Å². The minimum Gasteiger partial charge on any atom is -0.388 e. The van der Waals surface area contributed by atoms with Crippen molar-refractivity contribution >= 4 is 21.7 Å². The van der Waals surface area contributed by atoms with Gasteiger partial charge in [-0.3, -0.25) is 0 Å². The molecule has 0 radical (unpaired) electrons. The van der Waals surface area contributed by atoms with Gasteiger partial charge in [-0.25, -0.2) is 18.4 Å². The van der Waals surface area contributed by atoms with Gasteiger partial charge in [0.1, 0.15) is 12.0 Å². The highest BCUT2D eigenvalue weighted by Crippen LogP contribution is 2.39. The fourth-order valence-electron chi connectivity index (χ4n) is 3.18. The van der Waals surface area contributed by atoms with Crippen molar-refractivity contribution in [3.8, 4) is 0 Å². The van der Waals surface area contributed by atoms with E-state index in [1.165, 1.54) is 6.20 Å². The maximum atomic E-state index is 11.7. The average Bonchev–Trinajstić information content (AvgIpc) is 2.76. The first-order valence-corrected chi connectivity index (χ1v) is 9.03. The quantitative estimate of drug-likeness (QED) is 0.755. The fourth-order valence-corrected chi connectivity index (χ4v) is 3.68. The molecule has 1 aromatic heterocycles. The second-order valence-electron chi connectivity index (χ2n) is 6.15. The van der Waals surface area contributed by atoms with Crippen LogP contribution in [-0.4, -0.2) is 52.7 Å². The Balaban J connectivity index is 2.12. The van der Waals surface area contributed by atoms with Crippen LogP contribution in [0.25, 0.3) is 6.08 Å². The lowest BCUT2D eigenvalue weighted by molar-refractivity contribution is 0.0363. The SMILES string of the molecule is CC1(O)CCCC1N1c2nc(S(C)(=O)=O)ncc2C=CC1O. The molecule has 3 atom stereocenters. The van der Waals surface area contributed by atoms with Crippen molar-refractivity contribution < 1.29 is 18.6 Å². The molecule has 120 valence electrons. The number of aliphatic hydroxyl groups excluding tert-OH is 1. The van der Waals surface area contributed by atoms with Crippen molar-refractivity contribution in [3.05, 3.63) is 17.8 Å². The van der Waals surface area contributed by atoms with Gasteiger partial charge in [-0.15, -0.1) is 0 Å². The molecule has 1 aliphatic carbocycles. The summed E-state index contributed by atoms with van der Waals surface area (Å²) < 4.78 is 23.4. The van der Waals surface area contributed by atoms with Crippen LogP contribution < -0.4 is 4.90 Å². The Kier molecular flexibility index (Phi) is 3.50. The summed E-state index contributed by atoms with van der Waals surface area (Å²) in [6.07, 6.45) is 6.93. The third kappa shape index (κ3) is 2.51. The Morgan fingerprint density at radius 1 is 1.45 bits per heavy atom. The molecule has 0 aromatic carbocycles. The summed E-state index contributed by atoms with van der Waals surface area (Å²) in [5, 5.41) is 20.6. The van der Waals surface area contributed by atoms with Crippen LogP contribution in [0.4, 0.5) is 5.82 Å². The number of rotatable bonds is 2. The predicted octanol–water partition coefficient (Wildman–Crippen LogP) is 0.335. The van der Waals surface area contributed by atoms with Crippen LogP contribution in [0, 0.1) is 0 Å². The molecule has 0 bridgehead atoms.